The Kier molecular flexibility index (Phi) is 4.54. The van der Waals surface area contributed by atoms with Crippen LogP contribution in [-0.2, 0) is 0 Å². The molecule has 2 aliphatic carbocycles. The van der Waals surface area contributed by atoms with E-state index in [0.29, 0.717) is 24.9 Å². The van der Waals surface area contributed by atoms with Gasteiger partial charge in [0.25, 0.3) is 0 Å². The van der Waals surface area contributed by atoms with Crippen LogP contribution < -0.4 is 5.73 Å². The van der Waals surface area contributed by atoms with Gasteiger partial charge < -0.3 is 5.73 Å². The van der Waals surface area contributed by atoms with Crippen molar-refractivity contribution in [2.45, 2.75) is 50.7 Å². The molecule has 0 spiro atoms. The highest BCUT2D eigenvalue weighted by molar-refractivity contribution is 4.89. The van der Waals surface area contributed by atoms with E-state index < -0.39 is 12.7 Å². The minimum atomic E-state index is -4.07. The molecule has 0 saturated heterocycles. The van der Waals surface area contributed by atoms with Crippen molar-refractivity contribution in [1.82, 2.24) is 4.90 Å². The summed E-state index contributed by atoms with van der Waals surface area (Å²) in [5, 5.41) is 0. The zero-order valence-electron chi connectivity index (χ0n) is 10.8. The Labute approximate surface area is 107 Å². The number of nitrogens with two attached hydrogens (primary N) is 1. The summed E-state index contributed by atoms with van der Waals surface area (Å²) in [6.07, 6.45) is 2.24. The van der Waals surface area contributed by atoms with Crippen molar-refractivity contribution >= 4 is 0 Å². The first kappa shape index (κ1) is 14.1. The summed E-state index contributed by atoms with van der Waals surface area (Å²) < 4.78 is 37.7. The summed E-state index contributed by atoms with van der Waals surface area (Å²) in [4.78, 5) is 1.65. The maximum atomic E-state index is 12.6. The van der Waals surface area contributed by atoms with Crippen molar-refractivity contribution in [2.24, 2.45) is 17.6 Å². The number of hydrogen-bond donors (Lipinski definition) is 1. The molecular weight excluding hydrogens is 241 g/mol. The predicted octanol–water partition coefficient (Wildman–Crippen LogP) is 2.78. The van der Waals surface area contributed by atoms with Crippen LogP contribution in [0.5, 0.6) is 0 Å². The van der Waals surface area contributed by atoms with Crippen LogP contribution in [0.25, 0.3) is 0 Å². The third-order valence-electron chi connectivity index (χ3n) is 4.28. The molecule has 2 fully saturated rings. The van der Waals surface area contributed by atoms with Crippen LogP contribution in [0.15, 0.2) is 0 Å². The van der Waals surface area contributed by atoms with E-state index >= 15 is 0 Å². The summed E-state index contributed by atoms with van der Waals surface area (Å²) in [6, 6.07) is 0.173. The maximum Gasteiger partial charge on any atom is 0.401 e. The Morgan fingerprint density at radius 2 is 1.61 bits per heavy atom. The lowest BCUT2D eigenvalue weighted by Gasteiger charge is -2.35. The third kappa shape index (κ3) is 4.12. The molecule has 2 atom stereocenters. The summed E-state index contributed by atoms with van der Waals surface area (Å²) in [7, 11) is 0. The van der Waals surface area contributed by atoms with E-state index in [2.05, 4.69) is 0 Å². The molecule has 0 bridgehead atoms. The molecule has 0 heterocycles. The van der Waals surface area contributed by atoms with Crippen LogP contribution >= 0.6 is 0 Å². The average Bonchev–Trinajstić information content (AvgIpc) is 3.11. The predicted molar refractivity (Wildman–Crippen MR) is 65.2 cm³/mol. The molecule has 0 aliphatic heterocycles. The van der Waals surface area contributed by atoms with E-state index in [0.717, 1.165) is 32.1 Å². The van der Waals surface area contributed by atoms with Crippen LogP contribution in [0, 0.1) is 11.8 Å². The number of nitrogens with zero attached hydrogens (tertiary/aromatic N) is 1. The minimum absolute atomic E-state index is 0.173. The standard InChI is InChI=1S/C13H23F3N2/c14-13(15,16)9-18(12-5-6-12)8-11-4-2-1-3-10(11)7-17/h10-12H,1-9,17H2. The molecule has 2 unspecified atom stereocenters. The Bertz CT molecular complexity index is 263. The van der Waals surface area contributed by atoms with Crippen molar-refractivity contribution in [3.05, 3.63) is 0 Å². The van der Waals surface area contributed by atoms with Gasteiger partial charge in [0.05, 0.1) is 6.54 Å². The normalized spacial score (nSPS) is 29.8. The first-order valence-electron chi connectivity index (χ1n) is 7.00. The van der Waals surface area contributed by atoms with E-state index in [-0.39, 0.29) is 6.04 Å². The highest BCUT2D eigenvalue weighted by atomic mass is 19.4. The summed E-state index contributed by atoms with van der Waals surface area (Å²) >= 11 is 0. The zero-order valence-corrected chi connectivity index (χ0v) is 10.8. The van der Waals surface area contributed by atoms with Crippen LogP contribution in [-0.4, -0.2) is 36.8 Å². The van der Waals surface area contributed by atoms with Crippen LogP contribution in [0.2, 0.25) is 0 Å². The van der Waals surface area contributed by atoms with E-state index in [1.807, 2.05) is 0 Å². The fourth-order valence-corrected chi connectivity index (χ4v) is 3.15. The molecule has 2 N–H and O–H groups in total. The average molecular weight is 264 g/mol. The molecule has 2 saturated carbocycles. The van der Waals surface area contributed by atoms with Crippen molar-refractivity contribution < 1.29 is 13.2 Å². The van der Waals surface area contributed by atoms with Gasteiger partial charge in [-0.05, 0) is 44.1 Å². The highest BCUT2D eigenvalue weighted by Crippen LogP contribution is 2.35. The fourth-order valence-electron chi connectivity index (χ4n) is 3.15. The molecule has 0 aromatic heterocycles. The molecule has 0 amide bonds. The number of alkyl halides is 3. The van der Waals surface area contributed by atoms with Gasteiger partial charge >= 0.3 is 6.18 Å². The van der Waals surface area contributed by atoms with Crippen LogP contribution in [0.4, 0.5) is 13.2 Å². The van der Waals surface area contributed by atoms with E-state index in [9.17, 15) is 13.2 Å². The molecule has 2 rings (SSSR count). The first-order valence-corrected chi connectivity index (χ1v) is 7.00. The number of rotatable bonds is 5. The van der Waals surface area contributed by atoms with Gasteiger partial charge in [-0.15, -0.1) is 0 Å². The molecule has 0 aromatic rings. The molecule has 2 nitrogen and oxygen atoms in total. The van der Waals surface area contributed by atoms with E-state index in [1.54, 1.807) is 4.90 Å². The summed E-state index contributed by atoms with van der Waals surface area (Å²) in [5.41, 5.74) is 5.75. The smallest absolute Gasteiger partial charge is 0.330 e. The zero-order chi connectivity index (χ0) is 13.2. The molecule has 5 heteroatoms. The van der Waals surface area contributed by atoms with Gasteiger partial charge in [0.1, 0.15) is 0 Å². The highest BCUT2D eigenvalue weighted by Gasteiger charge is 2.39. The Morgan fingerprint density at radius 3 is 2.11 bits per heavy atom. The largest absolute Gasteiger partial charge is 0.401 e. The number of hydrogen-bond acceptors (Lipinski definition) is 2. The molecule has 18 heavy (non-hydrogen) atoms. The van der Waals surface area contributed by atoms with Gasteiger partial charge in [0, 0.05) is 12.6 Å². The molecular formula is C13H23F3N2. The van der Waals surface area contributed by atoms with Crippen LogP contribution in [0.3, 0.4) is 0 Å². The van der Waals surface area contributed by atoms with Crippen LogP contribution in [0.1, 0.15) is 38.5 Å². The second kappa shape index (κ2) is 5.78. The minimum Gasteiger partial charge on any atom is -0.330 e. The Balaban J connectivity index is 1.90. The molecule has 2 aliphatic rings. The van der Waals surface area contributed by atoms with Crippen molar-refractivity contribution in [1.29, 1.82) is 0 Å². The van der Waals surface area contributed by atoms with Gasteiger partial charge in [0.15, 0.2) is 0 Å². The van der Waals surface area contributed by atoms with Gasteiger partial charge in [-0.25, -0.2) is 0 Å². The van der Waals surface area contributed by atoms with E-state index in [1.165, 1.54) is 6.42 Å². The lowest BCUT2D eigenvalue weighted by Crippen LogP contribution is -2.42. The van der Waals surface area contributed by atoms with Crippen molar-refractivity contribution in [2.75, 3.05) is 19.6 Å². The van der Waals surface area contributed by atoms with Crippen molar-refractivity contribution in [3.63, 3.8) is 0 Å². The molecule has 106 valence electrons. The lowest BCUT2D eigenvalue weighted by atomic mass is 9.79. The quantitative estimate of drug-likeness (QED) is 0.827. The second-order valence-electron chi connectivity index (χ2n) is 5.82. The topological polar surface area (TPSA) is 29.3 Å². The fraction of sp³-hybridized carbons (Fsp3) is 1.00. The summed E-state index contributed by atoms with van der Waals surface area (Å²) in [6.45, 7) is 0.465. The van der Waals surface area contributed by atoms with Gasteiger partial charge in [-0.2, -0.15) is 13.2 Å². The molecule has 0 radical (unpaired) electrons. The van der Waals surface area contributed by atoms with Gasteiger partial charge in [0.2, 0.25) is 0 Å². The second-order valence-corrected chi connectivity index (χ2v) is 5.82. The molecule has 0 aromatic carbocycles. The Hall–Kier alpha value is -0.290. The van der Waals surface area contributed by atoms with Gasteiger partial charge in [-0.1, -0.05) is 12.8 Å². The van der Waals surface area contributed by atoms with Crippen molar-refractivity contribution in [3.8, 4) is 0 Å². The summed E-state index contributed by atoms with van der Waals surface area (Å²) in [5.74, 6) is 0.792. The lowest BCUT2D eigenvalue weighted by molar-refractivity contribution is -0.149. The van der Waals surface area contributed by atoms with E-state index in [4.69, 9.17) is 5.73 Å². The maximum absolute atomic E-state index is 12.6. The first-order chi connectivity index (χ1) is 8.49. The third-order valence-corrected chi connectivity index (χ3v) is 4.28. The number of halogens is 3. The SMILES string of the molecule is NCC1CCCCC1CN(CC(F)(F)F)C1CC1. The Morgan fingerprint density at radius 1 is 1.00 bits per heavy atom. The monoisotopic (exact) mass is 264 g/mol. The van der Waals surface area contributed by atoms with Gasteiger partial charge in [-0.3, -0.25) is 4.90 Å².